The number of hydrogen-bond acceptors (Lipinski definition) is 1. The standard InChI is InChI=1S/C5H6.CH2O2.Mn/c1-2-4-5-3-1;2-1-3;/h1-4H,5H2;1H,(H,2,3);. The molecule has 1 rings (SSSR count). The van der Waals surface area contributed by atoms with Gasteiger partial charge in [0.25, 0.3) is 6.47 Å². The van der Waals surface area contributed by atoms with Crippen molar-refractivity contribution in [3.05, 3.63) is 24.3 Å². The fraction of sp³-hybridized carbons (Fsp3) is 0.167. The smallest absolute Gasteiger partial charge is 0.290 e. The zero-order valence-electron chi connectivity index (χ0n) is 4.83. The van der Waals surface area contributed by atoms with Crippen LogP contribution in [-0.4, -0.2) is 11.6 Å². The van der Waals surface area contributed by atoms with Gasteiger partial charge in [-0.05, 0) is 6.42 Å². The zero-order valence-corrected chi connectivity index (χ0v) is 6.01. The first-order valence-corrected chi connectivity index (χ1v) is 2.31. The van der Waals surface area contributed by atoms with Gasteiger partial charge in [-0.3, -0.25) is 4.79 Å². The van der Waals surface area contributed by atoms with E-state index in [-0.39, 0.29) is 23.5 Å². The molecule has 0 saturated heterocycles. The van der Waals surface area contributed by atoms with Gasteiger partial charge in [-0.1, -0.05) is 24.3 Å². The van der Waals surface area contributed by atoms with E-state index in [1.165, 1.54) is 0 Å². The maximum atomic E-state index is 8.36. The van der Waals surface area contributed by atoms with Crippen LogP contribution in [0.15, 0.2) is 24.3 Å². The van der Waals surface area contributed by atoms with Gasteiger partial charge in [-0.15, -0.1) is 0 Å². The minimum absolute atomic E-state index is 0. The van der Waals surface area contributed by atoms with Crippen molar-refractivity contribution in [1.82, 2.24) is 0 Å². The van der Waals surface area contributed by atoms with E-state index in [2.05, 4.69) is 24.3 Å². The average Bonchev–Trinajstić information content (AvgIpc) is 2.17. The Morgan fingerprint density at radius 2 is 1.67 bits per heavy atom. The molecule has 0 saturated carbocycles. The summed E-state index contributed by atoms with van der Waals surface area (Å²) in [5.74, 6) is 0. The van der Waals surface area contributed by atoms with E-state index in [1.54, 1.807) is 0 Å². The van der Waals surface area contributed by atoms with Gasteiger partial charge >= 0.3 is 0 Å². The van der Waals surface area contributed by atoms with Crippen molar-refractivity contribution in [2.24, 2.45) is 0 Å². The Morgan fingerprint density at radius 3 is 1.78 bits per heavy atom. The van der Waals surface area contributed by atoms with Gasteiger partial charge < -0.3 is 5.11 Å². The molecule has 0 heterocycles. The summed E-state index contributed by atoms with van der Waals surface area (Å²) in [5.41, 5.74) is 0. The first kappa shape index (κ1) is 11.3. The van der Waals surface area contributed by atoms with E-state index >= 15 is 0 Å². The quantitative estimate of drug-likeness (QED) is 0.434. The van der Waals surface area contributed by atoms with Crippen LogP contribution in [0.25, 0.3) is 0 Å². The predicted octanol–water partition coefficient (Wildman–Crippen LogP) is 1.20. The van der Waals surface area contributed by atoms with Crippen LogP contribution in [-0.2, 0) is 21.9 Å². The molecule has 1 radical (unpaired) electrons. The average molecular weight is 167 g/mol. The van der Waals surface area contributed by atoms with Crippen LogP contribution in [0.4, 0.5) is 0 Å². The summed E-state index contributed by atoms with van der Waals surface area (Å²) in [4.78, 5) is 8.36. The fourth-order valence-electron chi connectivity index (χ4n) is 0.393. The van der Waals surface area contributed by atoms with Crippen molar-refractivity contribution in [2.75, 3.05) is 0 Å². The van der Waals surface area contributed by atoms with Gasteiger partial charge in [0.15, 0.2) is 0 Å². The van der Waals surface area contributed by atoms with Crippen LogP contribution in [0.2, 0.25) is 0 Å². The van der Waals surface area contributed by atoms with E-state index in [9.17, 15) is 0 Å². The molecule has 1 aliphatic carbocycles. The molecular weight excluding hydrogens is 159 g/mol. The Morgan fingerprint density at radius 1 is 1.33 bits per heavy atom. The molecule has 1 N–H and O–H groups in total. The van der Waals surface area contributed by atoms with Crippen molar-refractivity contribution >= 4 is 6.47 Å². The predicted molar refractivity (Wildman–Crippen MR) is 31.6 cm³/mol. The molecule has 1 aliphatic rings. The van der Waals surface area contributed by atoms with E-state index in [1.807, 2.05) is 0 Å². The third kappa shape index (κ3) is 11.2. The molecule has 0 aromatic heterocycles. The zero-order chi connectivity index (χ0) is 6.24. The van der Waals surface area contributed by atoms with Crippen molar-refractivity contribution in [3.63, 3.8) is 0 Å². The molecule has 2 nitrogen and oxygen atoms in total. The molecule has 9 heavy (non-hydrogen) atoms. The molecule has 0 atom stereocenters. The van der Waals surface area contributed by atoms with Crippen LogP contribution >= 0.6 is 0 Å². The topological polar surface area (TPSA) is 37.3 Å². The van der Waals surface area contributed by atoms with Crippen LogP contribution in [0, 0.1) is 0 Å². The van der Waals surface area contributed by atoms with Crippen molar-refractivity contribution in [2.45, 2.75) is 6.42 Å². The molecule has 0 aromatic rings. The number of carboxylic acid groups (broad SMARTS) is 1. The van der Waals surface area contributed by atoms with Crippen LogP contribution < -0.4 is 0 Å². The second-order valence-corrected chi connectivity index (χ2v) is 1.20. The van der Waals surface area contributed by atoms with Gasteiger partial charge in [-0.25, -0.2) is 0 Å². The van der Waals surface area contributed by atoms with Crippen LogP contribution in [0.5, 0.6) is 0 Å². The van der Waals surface area contributed by atoms with Gasteiger partial charge in [-0.2, -0.15) is 0 Å². The molecule has 0 bridgehead atoms. The Labute approximate surface area is 64.7 Å². The molecule has 0 aromatic carbocycles. The van der Waals surface area contributed by atoms with Crippen molar-refractivity contribution in [1.29, 1.82) is 0 Å². The Bertz CT molecular complexity index is 97.6. The number of rotatable bonds is 0. The largest absolute Gasteiger partial charge is 0.483 e. The second-order valence-electron chi connectivity index (χ2n) is 1.20. The molecule has 0 spiro atoms. The summed E-state index contributed by atoms with van der Waals surface area (Å²) < 4.78 is 0. The fourth-order valence-corrected chi connectivity index (χ4v) is 0.393. The Balaban J connectivity index is 0. The molecule has 0 aliphatic heterocycles. The third-order valence-electron chi connectivity index (χ3n) is 0.655. The van der Waals surface area contributed by atoms with E-state index in [0.717, 1.165) is 6.42 Å². The summed E-state index contributed by atoms with van der Waals surface area (Å²) in [5, 5.41) is 6.89. The first-order chi connectivity index (χ1) is 3.91. The van der Waals surface area contributed by atoms with Crippen LogP contribution in [0.3, 0.4) is 0 Å². The van der Waals surface area contributed by atoms with Gasteiger partial charge in [0.05, 0.1) is 0 Å². The van der Waals surface area contributed by atoms with Gasteiger partial charge in [0, 0.05) is 17.1 Å². The number of allylic oxidation sites excluding steroid dienone is 4. The minimum atomic E-state index is -0.250. The van der Waals surface area contributed by atoms with E-state index in [4.69, 9.17) is 9.90 Å². The van der Waals surface area contributed by atoms with E-state index < -0.39 is 0 Å². The monoisotopic (exact) mass is 167 g/mol. The second kappa shape index (κ2) is 10.5. The normalized spacial score (nSPS) is 11.1. The summed E-state index contributed by atoms with van der Waals surface area (Å²) in [6, 6.07) is 0. The maximum Gasteiger partial charge on any atom is 0.290 e. The van der Waals surface area contributed by atoms with Crippen LogP contribution in [0.1, 0.15) is 6.42 Å². The molecule has 3 heteroatoms. The molecule has 0 amide bonds. The first-order valence-electron chi connectivity index (χ1n) is 2.31. The number of hydrogen-bond donors (Lipinski definition) is 1. The molecule has 0 fully saturated rings. The number of carbonyl (C=O) groups is 1. The summed E-state index contributed by atoms with van der Waals surface area (Å²) in [6.07, 6.45) is 9.50. The summed E-state index contributed by atoms with van der Waals surface area (Å²) >= 11 is 0. The molecule has 0 unspecified atom stereocenters. The van der Waals surface area contributed by atoms with Gasteiger partial charge in [0.2, 0.25) is 0 Å². The molecule has 51 valence electrons. The van der Waals surface area contributed by atoms with Crippen molar-refractivity contribution < 1.29 is 27.0 Å². The Hall–Kier alpha value is -0.531. The minimum Gasteiger partial charge on any atom is -0.483 e. The molecular formula is C6H8MnO2. The maximum absolute atomic E-state index is 8.36. The van der Waals surface area contributed by atoms with Gasteiger partial charge in [0.1, 0.15) is 0 Å². The van der Waals surface area contributed by atoms with Crippen molar-refractivity contribution in [3.8, 4) is 0 Å². The van der Waals surface area contributed by atoms with E-state index in [0.29, 0.717) is 0 Å². The Kier molecular flexibility index (Phi) is 13.1. The summed E-state index contributed by atoms with van der Waals surface area (Å²) in [7, 11) is 0. The summed E-state index contributed by atoms with van der Waals surface area (Å²) in [6.45, 7) is -0.250. The SMILES string of the molecule is C1=CCC=C1.O=CO.[Mn]. The third-order valence-corrected chi connectivity index (χ3v) is 0.655.